The fourth-order valence-electron chi connectivity index (χ4n) is 3.79. The number of hydrogen-bond donors (Lipinski definition) is 3. The second-order valence-electron chi connectivity index (χ2n) is 7.63. The zero-order chi connectivity index (χ0) is 25.2. The van der Waals surface area contributed by atoms with Crippen LogP contribution in [0, 0.1) is 5.92 Å². The average Bonchev–Trinajstić information content (AvgIpc) is 3.39. The number of carboxylic acids is 1. The Morgan fingerprint density at radius 2 is 1.66 bits per heavy atom. The normalized spacial score (nSPS) is 13.5. The third-order valence-corrected chi connectivity index (χ3v) is 6.21. The molecule has 0 radical (unpaired) electrons. The van der Waals surface area contributed by atoms with Crippen LogP contribution in [0.5, 0.6) is 0 Å². The van der Waals surface area contributed by atoms with Crippen LogP contribution in [0.3, 0.4) is 0 Å². The van der Waals surface area contributed by atoms with Crippen LogP contribution in [0.4, 0.5) is 23.1 Å². The number of ether oxygens (including phenoxy) is 1. The van der Waals surface area contributed by atoms with Gasteiger partial charge in [0.25, 0.3) is 5.91 Å². The third kappa shape index (κ3) is 5.27. The minimum Gasteiger partial charge on any atom is -0.481 e. The van der Waals surface area contributed by atoms with E-state index in [4.69, 9.17) is 9.84 Å². The average molecular weight is 505 g/mol. The van der Waals surface area contributed by atoms with Crippen molar-refractivity contribution in [3.05, 3.63) is 70.7 Å². The summed E-state index contributed by atoms with van der Waals surface area (Å²) in [6.07, 6.45) is -5.82. The summed E-state index contributed by atoms with van der Waals surface area (Å²) in [5.74, 6) is -6.00. The standard InChI is InChI=1S/C23H18F3N3O5S/c24-23(25,26)17(20(31)32)9-27-19(30)18-11-35-21(28-18)29-22(33)34-10-16-14-7-3-1-5-12(14)13-6-2-4-8-15(13)16/h1-8,11,16-17H,9-10H2,(H,27,30)(H,31,32)(H,28,29,33). The number of hydrogen-bond acceptors (Lipinski definition) is 6. The fraction of sp³-hybridized carbons (Fsp3) is 0.217. The minimum absolute atomic E-state index is 0.00187. The predicted octanol–water partition coefficient (Wildman–Crippen LogP) is 4.50. The number of nitrogens with one attached hydrogen (secondary N) is 2. The van der Waals surface area contributed by atoms with E-state index in [1.807, 2.05) is 53.8 Å². The van der Waals surface area contributed by atoms with Crippen molar-refractivity contribution in [3.8, 4) is 11.1 Å². The van der Waals surface area contributed by atoms with E-state index >= 15 is 0 Å². The molecule has 0 aliphatic heterocycles. The van der Waals surface area contributed by atoms with Crippen molar-refractivity contribution < 1.29 is 37.4 Å². The lowest BCUT2D eigenvalue weighted by molar-refractivity contribution is -0.192. The molecule has 0 bridgehead atoms. The smallest absolute Gasteiger partial charge is 0.413 e. The molecule has 3 aromatic rings. The quantitative estimate of drug-likeness (QED) is 0.435. The van der Waals surface area contributed by atoms with Gasteiger partial charge in [-0.3, -0.25) is 14.9 Å². The molecule has 0 spiro atoms. The van der Waals surface area contributed by atoms with Crippen molar-refractivity contribution in [3.63, 3.8) is 0 Å². The lowest BCUT2D eigenvalue weighted by Crippen LogP contribution is -2.41. The molecule has 0 saturated carbocycles. The van der Waals surface area contributed by atoms with E-state index in [1.165, 1.54) is 5.38 Å². The molecule has 182 valence electrons. The minimum atomic E-state index is -5.02. The van der Waals surface area contributed by atoms with Crippen LogP contribution >= 0.6 is 11.3 Å². The number of amides is 2. The molecule has 8 nitrogen and oxygen atoms in total. The van der Waals surface area contributed by atoms with Crippen molar-refractivity contribution in [2.75, 3.05) is 18.5 Å². The molecule has 2 aromatic carbocycles. The Hall–Kier alpha value is -3.93. The first kappa shape index (κ1) is 24.2. The number of aromatic nitrogens is 1. The molecule has 1 atom stereocenters. The number of benzene rings is 2. The summed E-state index contributed by atoms with van der Waals surface area (Å²) in [6.45, 7) is -1.09. The molecule has 35 heavy (non-hydrogen) atoms. The summed E-state index contributed by atoms with van der Waals surface area (Å²) < 4.78 is 43.5. The summed E-state index contributed by atoms with van der Waals surface area (Å²) in [4.78, 5) is 39.0. The van der Waals surface area contributed by atoms with Gasteiger partial charge in [0, 0.05) is 17.8 Å². The highest BCUT2D eigenvalue weighted by Gasteiger charge is 2.45. The van der Waals surface area contributed by atoms with Gasteiger partial charge in [0.15, 0.2) is 11.0 Å². The first-order valence-corrected chi connectivity index (χ1v) is 11.2. The molecule has 12 heteroatoms. The molecular formula is C23H18F3N3O5S. The summed E-state index contributed by atoms with van der Waals surface area (Å²) in [5, 5.41) is 14.2. The monoisotopic (exact) mass is 505 g/mol. The van der Waals surface area contributed by atoms with Gasteiger partial charge in [0.1, 0.15) is 12.3 Å². The maximum absolute atomic E-state index is 12.7. The van der Waals surface area contributed by atoms with Crippen molar-refractivity contribution in [2.24, 2.45) is 5.92 Å². The Labute approximate surface area is 200 Å². The molecule has 4 rings (SSSR count). The molecule has 0 fully saturated rings. The predicted molar refractivity (Wildman–Crippen MR) is 120 cm³/mol. The molecule has 1 aliphatic rings. The number of thiazole rings is 1. The molecule has 0 saturated heterocycles. The number of nitrogens with zero attached hydrogens (tertiary/aromatic N) is 1. The Kier molecular flexibility index (Phi) is 6.74. The Morgan fingerprint density at radius 1 is 1.06 bits per heavy atom. The highest BCUT2D eigenvalue weighted by Crippen LogP contribution is 2.44. The Bertz CT molecular complexity index is 1230. The number of anilines is 1. The number of alkyl halides is 3. The number of aliphatic carboxylic acids is 1. The van der Waals surface area contributed by atoms with Crippen LogP contribution in [0.2, 0.25) is 0 Å². The number of fused-ring (bicyclic) bond motifs is 3. The largest absolute Gasteiger partial charge is 0.481 e. The molecule has 2 amide bonds. The number of carbonyl (C=O) groups is 3. The third-order valence-electron chi connectivity index (χ3n) is 5.45. The molecule has 1 aromatic heterocycles. The maximum atomic E-state index is 12.7. The van der Waals surface area contributed by atoms with Gasteiger partial charge in [-0.15, -0.1) is 11.3 Å². The van der Waals surface area contributed by atoms with Crippen LogP contribution in [0.15, 0.2) is 53.9 Å². The summed E-state index contributed by atoms with van der Waals surface area (Å²) in [7, 11) is 0. The van der Waals surface area contributed by atoms with Crippen LogP contribution in [0.1, 0.15) is 27.5 Å². The van der Waals surface area contributed by atoms with Crippen LogP contribution < -0.4 is 10.6 Å². The zero-order valence-electron chi connectivity index (χ0n) is 17.8. The van der Waals surface area contributed by atoms with Crippen molar-refractivity contribution in [2.45, 2.75) is 12.1 Å². The summed E-state index contributed by atoms with van der Waals surface area (Å²) >= 11 is 0.865. The van der Waals surface area contributed by atoms with Crippen molar-refractivity contribution >= 4 is 34.4 Å². The first-order valence-electron chi connectivity index (χ1n) is 10.3. The van der Waals surface area contributed by atoms with E-state index in [9.17, 15) is 27.6 Å². The van der Waals surface area contributed by atoms with E-state index in [0.717, 1.165) is 33.6 Å². The highest BCUT2D eigenvalue weighted by molar-refractivity contribution is 7.14. The topological polar surface area (TPSA) is 118 Å². The molecule has 1 heterocycles. The summed E-state index contributed by atoms with van der Waals surface area (Å²) in [5.41, 5.74) is 3.95. The van der Waals surface area contributed by atoms with Gasteiger partial charge in [-0.05, 0) is 22.3 Å². The van der Waals surface area contributed by atoms with Crippen LogP contribution in [-0.4, -0.2) is 47.4 Å². The van der Waals surface area contributed by atoms with Crippen molar-refractivity contribution in [1.82, 2.24) is 10.3 Å². The van der Waals surface area contributed by atoms with Gasteiger partial charge >= 0.3 is 18.2 Å². The van der Waals surface area contributed by atoms with Crippen molar-refractivity contribution in [1.29, 1.82) is 0 Å². The van der Waals surface area contributed by atoms with Gasteiger partial charge in [-0.2, -0.15) is 13.2 Å². The van der Waals surface area contributed by atoms with Crippen LogP contribution in [0.25, 0.3) is 11.1 Å². The SMILES string of the molecule is O=C(Nc1nc(C(=O)NCC(C(=O)O)C(F)(F)F)cs1)OCC1c2ccccc2-c2ccccc21. The Morgan fingerprint density at radius 3 is 2.23 bits per heavy atom. The number of carboxylic acid groups (broad SMARTS) is 1. The second kappa shape index (κ2) is 9.74. The van der Waals surface area contributed by atoms with E-state index in [2.05, 4.69) is 10.3 Å². The Balaban J connectivity index is 1.34. The molecule has 1 unspecified atom stereocenters. The fourth-order valence-corrected chi connectivity index (χ4v) is 4.46. The molecule has 1 aliphatic carbocycles. The lowest BCUT2D eigenvalue weighted by atomic mass is 9.98. The second-order valence-corrected chi connectivity index (χ2v) is 8.49. The van der Waals surface area contributed by atoms with Crippen LogP contribution in [-0.2, 0) is 9.53 Å². The summed E-state index contributed by atoms with van der Waals surface area (Å²) in [6, 6.07) is 15.6. The van der Waals surface area contributed by atoms with Gasteiger partial charge in [-0.25, -0.2) is 9.78 Å². The first-order chi connectivity index (χ1) is 16.6. The van der Waals surface area contributed by atoms with Gasteiger partial charge in [0.2, 0.25) is 0 Å². The van der Waals surface area contributed by atoms with E-state index in [-0.39, 0.29) is 23.4 Å². The van der Waals surface area contributed by atoms with E-state index < -0.39 is 36.6 Å². The highest BCUT2D eigenvalue weighted by atomic mass is 32.1. The maximum Gasteiger partial charge on any atom is 0.413 e. The number of rotatable bonds is 7. The zero-order valence-corrected chi connectivity index (χ0v) is 18.7. The lowest BCUT2D eigenvalue weighted by Gasteiger charge is -2.16. The van der Waals surface area contributed by atoms with Gasteiger partial charge in [0.05, 0.1) is 0 Å². The number of carbonyl (C=O) groups excluding carboxylic acids is 2. The van der Waals surface area contributed by atoms with Gasteiger partial charge < -0.3 is 15.2 Å². The van der Waals surface area contributed by atoms with Gasteiger partial charge in [-0.1, -0.05) is 48.5 Å². The molecule has 3 N–H and O–H groups in total. The number of halogens is 3. The van der Waals surface area contributed by atoms with E-state index in [0.29, 0.717) is 0 Å². The van der Waals surface area contributed by atoms with E-state index in [1.54, 1.807) is 0 Å². The molecular weight excluding hydrogens is 487 g/mol.